The first kappa shape index (κ1) is 15.0. The van der Waals surface area contributed by atoms with Crippen LogP contribution < -0.4 is 10.1 Å². The third-order valence-corrected chi connectivity index (χ3v) is 4.76. The molecule has 1 aromatic heterocycles. The molecule has 0 saturated heterocycles. The van der Waals surface area contributed by atoms with Gasteiger partial charge in [0.2, 0.25) is 5.95 Å². The number of anilines is 1. The largest absolute Gasteiger partial charge is 0.497 e. The zero-order valence-electron chi connectivity index (χ0n) is 13.2. The van der Waals surface area contributed by atoms with E-state index in [4.69, 9.17) is 16.3 Å². The minimum absolute atomic E-state index is 0.0856. The molecule has 2 atom stereocenters. The van der Waals surface area contributed by atoms with Gasteiger partial charge in [-0.1, -0.05) is 41.9 Å². The van der Waals surface area contributed by atoms with Crippen molar-refractivity contribution in [1.29, 1.82) is 0 Å². The van der Waals surface area contributed by atoms with Crippen molar-refractivity contribution in [3.63, 3.8) is 0 Å². The fraction of sp³-hybridized carbons (Fsp3) is 0.222. The van der Waals surface area contributed by atoms with Crippen LogP contribution in [0.5, 0.6) is 5.75 Å². The Morgan fingerprint density at radius 1 is 1.17 bits per heavy atom. The first-order chi connectivity index (χ1) is 11.8. The van der Waals surface area contributed by atoms with Crippen molar-refractivity contribution in [1.82, 2.24) is 14.8 Å². The highest BCUT2D eigenvalue weighted by molar-refractivity contribution is 6.31. The average Bonchev–Trinajstić information content (AvgIpc) is 3.10. The van der Waals surface area contributed by atoms with E-state index in [-0.39, 0.29) is 12.1 Å². The van der Waals surface area contributed by atoms with Crippen LogP contribution >= 0.6 is 11.6 Å². The van der Waals surface area contributed by atoms with Gasteiger partial charge in [0.25, 0.3) is 0 Å². The smallest absolute Gasteiger partial charge is 0.222 e. The van der Waals surface area contributed by atoms with Gasteiger partial charge in [0.1, 0.15) is 12.1 Å². The van der Waals surface area contributed by atoms with Crippen LogP contribution in [0.15, 0.2) is 54.9 Å². The number of hydrogen-bond acceptors (Lipinski definition) is 4. The molecule has 2 aromatic carbocycles. The number of aromatic nitrogens is 3. The normalized spacial score (nSPS) is 19.4. The zero-order valence-corrected chi connectivity index (χ0v) is 13.9. The van der Waals surface area contributed by atoms with Gasteiger partial charge in [0, 0.05) is 5.02 Å². The number of fused-ring (bicyclic) bond motifs is 1. The summed E-state index contributed by atoms with van der Waals surface area (Å²) in [5.41, 5.74) is 2.24. The Bertz CT molecular complexity index is 846. The van der Waals surface area contributed by atoms with Gasteiger partial charge < -0.3 is 10.1 Å². The summed E-state index contributed by atoms with van der Waals surface area (Å²) in [7, 11) is 1.67. The number of rotatable bonds is 3. The molecular formula is C18H17ClN4O. The molecule has 0 aliphatic carbocycles. The minimum atomic E-state index is 0.0856. The Hall–Kier alpha value is -2.53. The van der Waals surface area contributed by atoms with Crippen LogP contribution in [-0.2, 0) is 0 Å². The topological polar surface area (TPSA) is 52.0 Å². The lowest BCUT2D eigenvalue weighted by Crippen LogP contribution is -2.28. The number of ether oxygens (including phenoxy) is 1. The summed E-state index contributed by atoms with van der Waals surface area (Å²) in [6.45, 7) is 0. The van der Waals surface area contributed by atoms with E-state index in [1.165, 1.54) is 5.56 Å². The van der Waals surface area contributed by atoms with Gasteiger partial charge in [-0.3, -0.25) is 0 Å². The zero-order chi connectivity index (χ0) is 16.5. The summed E-state index contributed by atoms with van der Waals surface area (Å²) in [6, 6.07) is 16.2. The molecule has 3 aromatic rings. The number of hydrogen-bond donors (Lipinski definition) is 1. The number of nitrogens with zero attached hydrogens (tertiary/aromatic N) is 3. The second-order valence-electron chi connectivity index (χ2n) is 5.77. The second kappa shape index (κ2) is 6.17. The first-order valence-electron chi connectivity index (χ1n) is 7.80. The third-order valence-electron chi connectivity index (χ3n) is 4.41. The molecule has 2 unspecified atom stereocenters. The van der Waals surface area contributed by atoms with Gasteiger partial charge in [-0.2, -0.15) is 10.1 Å². The SMILES string of the molecule is COc1ccc(C2CC(c3ccccc3Cl)Nc3ncnn32)cc1. The summed E-state index contributed by atoms with van der Waals surface area (Å²) in [6.07, 6.45) is 2.42. The number of halogens is 1. The van der Waals surface area contributed by atoms with E-state index >= 15 is 0 Å². The Balaban J connectivity index is 1.72. The van der Waals surface area contributed by atoms with Crippen LogP contribution in [0.1, 0.15) is 29.6 Å². The van der Waals surface area contributed by atoms with E-state index in [0.29, 0.717) is 0 Å². The highest BCUT2D eigenvalue weighted by Crippen LogP contribution is 2.39. The van der Waals surface area contributed by atoms with Gasteiger partial charge in [0.05, 0.1) is 19.2 Å². The maximum absolute atomic E-state index is 6.39. The molecule has 1 aliphatic heterocycles. The lowest BCUT2D eigenvalue weighted by molar-refractivity contribution is 0.411. The van der Waals surface area contributed by atoms with E-state index in [1.807, 2.05) is 35.0 Å². The fourth-order valence-electron chi connectivity index (χ4n) is 3.19. The molecule has 0 fully saturated rings. The molecule has 6 heteroatoms. The molecule has 1 N–H and O–H groups in total. The molecule has 4 rings (SSSR count). The maximum atomic E-state index is 6.39. The van der Waals surface area contributed by atoms with Crippen molar-refractivity contribution in [2.24, 2.45) is 0 Å². The van der Waals surface area contributed by atoms with Gasteiger partial charge >= 0.3 is 0 Å². The molecule has 1 aliphatic rings. The van der Waals surface area contributed by atoms with Gasteiger partial charge in [0.15, 0.2) is 0 Å². The van der Waals surface area contributed by atoms with E-state index in [9.17, 15) is 0 Å². The molecule has 0 radical (unpaired) electrons. The Kier molecular flexibility index (Phi) is 3.86. The Morgan fingerprint density at radius 2 is 1.96 bits per heavy atom. The van der Waals surface area contributed by atoms with Crippen molar-refractivity contribution in [2.75, 3.05) is 12.4 Å². The standard InChI is InChI=1S/C18H17ClN4O/c1-24-13-8-6-12(7-9-13)17-10-16(14-4-2-3-5-15(14)19)22-18-20-11-21-23(17)18/h2-9,11,16-17H,10H2,1H3,(H,20,21,22). The van der Waals surface area contributed by atoms with Crippen LogP contribution in [0.25, 0.3) is 0 Å². The molecule has 0 amide bonds. The number of nitrogens with one attached hydrogen (secondary N) is 1. The summed E-state index contributed by atoms with van der Waals surface area (Å²) < 4.78 is 7.18. The molecule has 2 heterocycles. The van der Waals surface area contributed by atoms with Gasteiger partial charge in [-0.15, -0.1) is 0 Å². The lowest BCUT2D eigenvalue weighted by Gasteiger charge is -2.32. The van der Waals surface area contributed by atoms with Crippen molar-refractivity contribution >= 4 is 17.5 Å². The van der Waals surface area contributed by atoms with Crippen LogP contribution in [0.4, 0.5) is 5.95 Å². The molecule has 24 heavy (non-hydrogen) atoms. The quantitative estimate of drug-likeness (QED) is 0.780. The van der Waals surface area contributed by atoms with Crippen molar-refractivity contribution in [3.05, 3.63) is 71.0 Å². The van der Waals surface area contributed by atoms with E-state index in [0.717, 1.165) is 28.7 Å². The van der Waals surface area contributed by atoms with Crippen molar-refractivity contribution in [3.8, 4) is 5.75 Å². The van der Waals surface area contributed by atoms with Gasteiger partial charge in [-0.05, 0) is 35.7 Å². The lowest BCUT2D eigenvalue weighted by atomic mass is 9.93. The van der Waals surface area contributed by atoms with E-state index in [2.05, 4.69) is 33.6 Å². The van der Waals surface area contributed by atoms with E-state index in [1.54, 1.807) is 13.4 Å². The predicted octanol–water partition coefficient (Wildman–Crippen LogP) is 4.09. The summed E-state index contributed by atoms with van der Waals surface area (Å²) in [5, 5.41) is 8.58. The maximum Gasteiger partial charge on any atom is 0.222 e. The number of methoxy groups -OCH3 is 1. The predicted molar refractivity (Wildman–Crippen MR) is 93.6 cm³/mol. The first-order valence-corrected chi connectivity index (χ1v) is 8.18. The van der Waals surface area contributed by atoms with Crippen LogP contribution in [0.3, 0.4) is 0 Å². The summed E-state index contributed by atoms with van der Waals surface area (Å²) in [5.74, 6) is 1.60. The molecule has 0 spiro atoms. The Labute approximate surface area is 145 Å². The van der Waals surface area contributed by atoms with Crippen LogP contribution in [-0.4, -0.2) is 21.9 Å². The molecular weight excluding hydrogens is 324 g/mol. The average molecular weight is 341 g/mol. The summed E-state index contributed by atoms with van der Waals surface area (Å²) >= 11 is 6.39. The van der Waals surface area contributed by atoms with Crippen molar-refractivity contribution in [2.45, 2.75) is 18.5 Å². The van der Waals surface area contributed by atoms with Gasteiger partial charge in [-0.25, -0.2) is 4.68 Å². The highest BCUT2D eigenvalue weighted by Gasteiger charge is 2.30. The minimum Gasteiger partial charge on any atom is -0.497 e. The number of benzene rings is 2. The van der Waals surface area contributed by atoms with Crippen molar-refractivity contribution < 1.29 is 4.74 Å². The van der Waals surface area contributed by atoms with Crippen LogP contribution in [0.2, 0.25) is 5.02 Å². The monoisotopic (exact) mass is 340 g/mol. The second-order valence-corrected chi connectivity index (χ2v) is 6.18. The molecule has 0 bridgehead atoms. The Morgan fingerprint density at radius 3 is 2.71 bits per heavy atom. The summed E-state index contributed by atoms with van der Waals surface area (Å²) in [4.78, 5) is 4.34. The third kappa shape index (κ3) is 2.61. The fourth-order valence-corrected chi connectivity index (χ4v) is 3.45. The molecule has 0 saturated carbocycles. The highest BCUT2D eigenvalue weighted by atomic mass is 35.5. The molecule has 5 nitrogen and oxygen atoms in total. The molecule has 122 valence electrons. The van der Waals surface area contributed by atoms with Crippen LogP contribution in [0, 0.1) is 0 Å². The van der Waals surface area contributed by atoms with E-state index < -0.39 is 0 Å².